The molecule has 0 fully saturated rings. The minimum absolute atomic E-state index is 0.241. The first-order chi connectivity index (χ1) is 17.8. The van der Waals surface area contributed by atoms with E-state index in [9.17, 15) is 13.2 Å². The van der Waals surface area contributed by atoms with Gasteiger partial charge in [-0.25, -0.2) is 4.98 Å². The van der Waals surface area contributed by atoms with Crippen molar-refractivity contribution in [3.63, 3.8) is 0 Å². The molecule has 0 spiro atoms. The Hall–Kier alpha value is -3.67. The molecule has 4 nitrogen and oxygen atoms in total. The topological polar surface area (TPSA) is 63.8 Å². The van der Waals surface area contributed by atoms with Gasteiger partial charge >= 0.3 is 6.18 Å². The summed E-state index contributed by atoms with van der Waals surface area (Å²) in [5, 5.41) is 6.17. The van der Waals surface area contributed by atoms with Crippen LogP contribution in [0.1, 0.15) is 29.7 Å². The first-order valence-electron chi connectivity index (χ1n) is 12.0. The number of halogens is 3. The van der Waals surface area contributed by atoms with Gasteiger partial charge < -0.3 is 11.1 Å². The molecule has 4 aromatic rings. The fraction of sp³-hybridized carbons (Fsp3) is 0.241. The van der Waals surface area contributed by atoms with Crippen molar-refractivity contribution < 1.29 is 13.2 Å². The molecule has 2 aromatic carbocycles. The van der Waals surface area contributed by atoms with Gasteiger partial charge in [0.05, 0.1) is 10.4 Å². The molecule has 0 radical (unpaired) electrons. The van der Waals surface area contributed by atoms with E-state index in [1.807, 2.05) is 18.3 Å². The third-order valence-corrected chi connectivity index (χ3v) is 7.28. The lowest BCUT2D eigenvalue weighted by atomic mass is 10.0. The van der Waals surface area contributed by atoms with Gasteiger partial charge in [0, 0.05) is 36.3 Å². The fourth-order valence-electron chi connectivity index (χ4n) is 4.24. The summed E-state index contributed by atoms with van der Waals surface area (Å²) in [6.45, 7) is 0.426. The Kier molecular flexibility index (Phi) is 7.26. The minimum atomic E-state index is -4.35. The Labute approximate surface area is 217 Å². The Morgan fingerprint density at radius 3 is 2.70 bits per heavy atom. The van der Waals surface area contributed by atoms with Crippen LogP contribution in [0.4, 0.5) is 18.3 Å². The molecule has 1 unspecified atom stereocenters. The van der Waals surface area contributed by atoms with Crippen molar-refractivity contribution in [1.29, 1.82) is 0 Å². The maximum Gasteiger partial charge on any atom is 0.416 e. The van der Waals surface area contributed by atoms with E-state index in [-0.39, 0.29) is 12.0 Å². The Bertz CT molecular complexity index is 1480. The van der Waals surface area contributed by atoms with Gasteiger partial charge in [-0.05, 0) is 66.0 Å². The van der Waals surface area contributed by atoms with Gasteiger partial charge in [-0.1, -0.05) is 53.7 Å². The number of nitrogens with two attached hydrogens (primary N) is 1. The lowest BCUT2D eigenvalue weighted by molar-refractivity contribution is -0.137. The number of rotatable bonds is 6. The average Bonchev–Trinajstić information content (AvgIpc) is 3.56. The van der Waals surface area contributed by atoms with Gasteiger partial charge in [0.2, 0.25) is 0 Å². The standard InChI is InChI=1S/C29H25F3N4S/c30-29(31,32)24-10-5-20(6-11-24)15-25(33)18-35-28-36-26(12-7-19-3-1-2-4-19)27(37-28)22-8-9-23-17-34-14-13-21(23)16-22/h1,3,5-6,8-11,13-14,16-17,19,25H,2,4,15,18,33H2,(H,35,36)/t19?,25-/m0/s1. The molecule has 1 aliphatic rings. The molecule has 0 amide bonds. The van der Waals surface area contributed by atoms with E-state index in [2.05, 4.69) is 46.4 Å². The smallest absolute Gasteiger partial charge is 0.360 e. The molecular formula is C29H25F3N4S. The number of thiazole rings is 1. The number of nitrogens with zero attached hydrogens (tertiary/aromatic N) is 2. The number of nitrogens with one attached hydrogen (secondary N) is 1. The molecule has 0 saturated carbocycles. The molecule has 2 atom stereocenters. The summed E-state index contributed by atoms with van der Waals surface area (Å²) in [5.41, 5.74) is 8.13. The van der Waals surface area contributed by atoms with E-state index in [0.29, 0.717) is 18.1 Å². The average molecular weight is 519 g/mol. The summed E-state index contributed by atoms with van der Waals surface area (Å²) in [7, 11) is 0. The van der Waals surface area contributed by atoms with E-state index < -0.39 is 11.7 Å². The van der Waals surface area contributed by atoms with Crippen LogP contribution in [0, 0.1) is 17.8 Å². The summed E-state index contributed by atoms with van der Waals surface area (Å²) in [6, 6.07) is 13.0. The number of hydrogen-bond donors (Lipinski definition) is 2. The molecule has 0 bridgehead atoms. The first-order valence-corrected chi connectivity index (χ1v) is 12.9. The summed E-state index contributed by atoms with van der Waals surface area (Å²) >= 11 is 1.52. The number of fused-ring (bicyclic) bond motifs is 1. The number of anilines is 1. The highest BCUT2D eigenvalue weighted by atomic mass is 32.1. The monoisotopic (exact) mass is 518 g/mol. The van der Waals surface area contributed by atoms with Crippen molar-refractivity contribution in [3.05, 3.63) is 89.9 Å². The van der Waals surface area contributed by atoms with Gasteiger partial charge in [-0.3, -0.25) is 4.98 Å². The van der Waals surface area contributed by atoms with E-state index >= 15 is 0 Å². The number of allylic oxidation sites excluding steroid dienone is 2. The molecule has 0 saturated heterocycles. The Morgan fingerprint density at radius 1 is 1.11 bits per heavy atom. The molecular weight excluding hydrogens is 493 g/mol. The fourth-order valence-corrected chi connectivity index (χ4v) is 5.16. The summed E-state index contributed by atoms with van der Waals surface area (Å²) in [6.07, 6.45) is 6.08. The van der Waals surface area contributed by atoms with Crippen LogP contribution in [0.2, 0.25) is 0 Å². The third kappa shape index (κ3) is 6.19. The maximum absolute atomic E-state index is 12.8. The second-order valence-corrected chi connectivity index (χ2v) is 10.1. The Morgan fingerprint density at radius 2 is 1.95 bits per heavy atom. The van der Waals surface area contributed by atoms with Crippen molar-refractivity contribution in [2.45, 2.75) is 31.5 Å². The van der Waals surface area contributed by atoms with Crippen LogP contribution in [0.15, 0.2) is 73.1 Å². The van der Waals surface area contributed by atoms with Crippen LogP contribution in [-0.2, 0) is 12.6 Å². The molecule has 188 valence electrons. The quantitative estimate of drug-likeness (QED) is 0.221. The van der Waals surface area contributed by atoms with Crippen LogP contribution in [0.3, 0.4) is 0 Å². The molecule has 8 heteroatoms. The van der Waals surface area contributed by atoms with Gasteiger partial charge in [0.15, 0.2) is 5.13 Å². The van der Waals surface area contributed by atoms with Crippen molar-refractivity contribution >= 4 is 27.2 Å². The zero-order valence-electron chi connectivity index (χ0n) is 19.9. The number of pyridine rings is 1. The molecule has 5 rings (SSSR count). The van der Waals surface area contributed by atoms with Crippen LogP contribution < -0.4 is 11.1 Å². The van der Waals surface area contributed by atoms with Crippen LogP contribution in [0.25, 0.3) is 21.2 Å². The largest absolute Gasteiger partial charge is 0.416 e. The molecule has 1 aliphatic carbocycles. The second kappa shape index (κ2) is 10.8. The lowest BCUT2D eigenvalue weighted by Crippen LogP contribution is -2.31. The molecule has 2 heterocycles. The van der Waals surface area contributed by atoms with Crippen LogP contribution in [-0.4, -0.2) is 22.6 Å². The summed E-state index contributed by atoms with van der Waals surface area (Å²) < 4.78 is 38.4. The van der Waals surface area contributed by atoms with Gasteiger partial charge in [-0.15, -0.1) is 0 Å². The van der Waals surface area contributed by atoms with E-state index in [0.717, 1.165) is 57.4 Å². The molecule has 3 N–H and O–H groups in total. The molecule has 37 heavy (non-hydrogen) atoms. The normalized spacial score (nSPS) is 15.9. The van der Waals surface area contributed by atoms with Crippen molar-refractivity contribution in [2.75, 3.05) is 11.9 Å². The van der Waals surface area contributed by atoms with Crippen LogP contribution in [0.5, 0.6) is 0 Å². The predicted molar refractivity (Wildman–Crippen MR) is 143 cm³/mol. The van der Waals surface area contributed by atoms with Crippen LogP contribution >= 0.6 is 11.3 Å². The van der Waals surface area contributed by atoms with E-state index in [1.54, 1.807) is 6.20 Å². The van der Waals surface area contributed by atoms with Crippen molar-refractivity contribution in [1.82, 2.24) is 9.97 Å². The maximum atomic E-state index is 12.8. The van der Waals surface area contributed by atoms with Gasteiger partial charge in [0.1, 0.15) is 5.69 Å². The zero-order valence-corrected chi connectivity index (χ0v) is 20.7. The lowest BCUT2D eigenvalue weighted by Gasteiger charge is -2.13. The number of aromatic nitrogens is 2. The predicted octanol–water partition coefficient (Wildman–Crippen LogP) is 6.68. The highest BCUT2D eigenvalue weighted by molar-refractivity contribution is 7.19. The van der Waals surface area contributed by atoms with Gasteiger partial charge in [-0.2, -0.15) is 13.2 Å². The SMILES string of the molecule is N[C@H](CNc1nc(C#CC2C=CCC2)c(-c2ccc3cnccc3c2)s1)Cc1ccc(C(F)(F)F)cc1. The minimum Gasteiger partial charge on any atom is -0.360 e. The number of alkyl halides is 3. The number of benzene rings is 2. The molecule has 2 aromatic heterocycles. The number of hydrogen-bond acceptors (Lipinski definition) is 5. The van der Waals surface area contributed by atoms with Crippen molar-refractivity contribution in [3.8, 4) is 22.3 Å². The zero-order chi connectivity index (χ0) is 25.8. The van der Waals surface area contributed by atoms with E-state index in [1.165, 1.54) is 23.5 Å². The van der Waals surface area contributed by atoms with Crippen molar-refractivity contribution in [2.24, 2.45) is 11.7 Å². The summed E-state index contributed by atoms with van der Waals surface area (Å²) in [5.74, 6) is 6.87. The van der Waals surface area contributed by atoms with Gasteiger partial charge in [0.25, 0.3) is 0 Å². The second-order valence-electron chi connectivity index (χ2n) is 9.06. The van der Waals surface area contributed by atoms with E-state index in [4.69, 9.17) is 10.7 Å². The highest BCUT2D eigenvalue weighted by Gasteiger charge is 2.30. The third-order valence-electron chi connectivity index (χ3n) is 6.21. The Balaban J connectivity index is 1.33. The summed E-state index contributed by atoms with van der Waals surface area (Å²) in [4.78, 5) is 9.93. The highest BCUT2D eigenvalue weighted by Crippen LogP contribution is 2.35. The molecule has 0 aliphatic heterocycles. The first kappa shape index (κ1) is 25.0.